The Kier molecular flexibility index (Phi) is 3.51. The van der Waals surface area contributed by atoms with E-state index in [4.69, 9.17) is 9.47 Å². The average Bonchev–Trinajstić information content (AvgIpc) is 2.54. The highest BCUT2D eigenvalue weighted by Gasteiger charge is 2.17. The number of rotatable bonds is 3. The van der Waals surface area contributed by atoms with Gasteiger partial charge < -0.3 is 19.9 Å². The van der Waals surface area contributed by atoms with Crippen molar-refractivity contribution in [2.24, 2.45) is 0 Å². The third-order valence-corrected chi connectivity index (χ3v) is 2.62. The van der Waals surface area contributed by atoms with Gasteiger partial charge in [0.15, 0.2) is 11.5 Å². The lowest BCUT2D eigenvalue weighted by Crippen LogP contribution is -2.10. The van der Waals surface area contributed by atoms with Gasteiger partial charge in [0.2, 0.25) is 5.75 Å². The van der Waals surface area contributed by atoms with E-state index in [0.29, 0.717) is 24.7 Å². The SMILES string of the molecule is CNCCc1ccc2c(c1O)OCCCO2. The summed E-state index contributed by atoms with van der Waals surface area (Å²) in [6.07, 6.45) is 1.62. The molecule has 16 heavy (non-hydrogen) atoms. The van der Waals surface area contributed by atoms with Crippen LogP contribution in [-0.4, -0.2) is 31.9 Å². The topological polar surface area (TPSA) is 50.7 Å². The third kappa shape index (κ3) is 2.22. The number of ether oxygens (including phenoxy) is 2. The highest BCUT2D eigenvalue weighted by atomic mass is 16.5. The van der Waals surface area contributed by atoms with Gasteiger partial charge in [0, 0.05) is 6.42 Å². The van der Waals surface area contributed by atoms with Gasteiger partial charge in [0.25, 0.3) is 0 Å². The maximum Gasteiger partial charge on any atom is 0.203 e. The number of fused-ring (bicyclic) bond motifs is 1. The van der Waals surface area contributed by atoms with Gasteiger partial charge in [-0.15, -0.1) is 0 Å². The maximum absolute atomic E-state index is 10.1. The molecule has 4 nitrogen and oxygen atoms in total. The van der Waals surface area contributed by atoms with E-state index in [9.17, 15) is 5.11 Å². The van der Waals surface area contributed by atoms with Crippen LogP contribution in [0.25, 0.3) is 0 Å². The Labute approximate surface area is 95.2 Å². The monoisotopic (exact) mass is 223 g/mol. The van der Waals surface area contributed by atoms with Crippen LogP contribution >= 0.6 is 0 Å². The van der Waals surface area contributed by atoms with Crippen LogP contribution in [0.5, 0.6) is 17.2 Å². The summed E-state index contributed by atoms with van der Waals surface area (Å²) in [7, 11) is 1.89. The Morgan fingerprint density at radius 1 is 1.31 bits per heavy atom. The summed E-state index contributed by atoms with van der Waals surface area (Å²) >= 11 is 0. The quantitative estimate of drug-likeness (QED) is 0.811. The standard InChI is InChI=1S/C12H17NO3/c1-13-6-5-9-3-4-10-12(11(9)14)16-8-2-7-15-10/h3-4,13-14H,2,5-8H2,1H3. The van der Waals surface area contributed by atoms with E-state index < -0.39 is 0 Å². The van der Waals surface area contributed by atoms with Gasteiger partial charge >= 0.3 is 0 Å². The van der Waals surface area contributed by atoms with Crippen LogP contribution in [0.1, 0.15) is 12.0 Å². The van der Waals surface area contributed by atoms with Crippen LogP contribution in [-0.2, 0) is 6.42 Å². The van der Waals surface area contributed by atoms with Crippen molar-refractivity contribution in [1.29, 1.82) is 0 Å². The van der Waals surface area contributed by atoms with E-state index in [1.54, 1.807) is 0 Å². The number of phenols is 1. The van der Waals surface area contributed by atoms with Gasteiger partial charge in [-0.05, 0) is 31.6 Å². The van der Waals surface area contributed by atoms with Crippen LogP contribution < -0.4 is 14.8 Å². The molecule has 0 spiro atoms. The van der Waals surface area contributed by atoms with Crippen molar-refractivity contribution >= 4 is 0 Å². The lowest BCUT2D eigenvalue weighted by Gasteiger charge is -2.12. The first kappa shape index (κ1) is 11.1. The summed E-state index contributed by atoms with van der Waals surface area (Å²) in [5.41, 5.74) is 0.888. The van der Waals surface area contributed by atoms with E-state index >= 15 is 0 Å². The molecule has 0 aliphatic carbocycles. The molecule has 0 unspecified atom stereocenters. The molecule has 2 N–H and O–H groups in total. The van der Waals surface area contributed by atoms with Crippen molar-refractivity contribution in [3.63, 3.8) is 0 Å². The van der Waals surface area contributed by atoms with Crippen LogP contribution in [0.2, 0.25) is 0 Å². The zero-order valence-corrected chi connectivity index (χ0v) is 9.45. The van der Waals surface area contributed by atoms with Gasteiger partial charge in [0.1, 0.15) is 0 Å². The van der Waals surface area contributed by atoms with Crippen molar-refractivity contribution in [3.05, 3.63) is 17.7 Å². The van der Waals surface area contributed by atoms with Crippen molar-refractivity contribution in [2.75, 3.05) is 26.8 Å². The molecule has 1 aliphatic rings. The van der Waals surface area contributed by atoms with Crippen molar-refractivity contribution in [3.8, 4) is 17.2 Å². The van der Waals surface area contributed by atoms with E-state index in [2.05, 4.69) is 5.32 Å². The molecule has 1 aromatic rings. The Hall–Kier alpha value is -1.42. The zero-order valence-electron chi connectivity index (χ0n) is 9.45. The molecule has 0 saturated heterocycles. The minimum atomic E-state index is 0.217. The van der Waals surface area contributed by atoms with Crippen LogP contribution in [0.4, 0.5) is 0 Å². The highest BCUT2D eigenvalue weighted by Crippen LogP contribution is 2.40. The Bertz CT molecular complexity index is 366. The molecule has 0 amide bonds. The molecule has 0 atom stereocenters. The first-order valence-electron chi connectivity index (χ1n) is 5.58. The number of benzene rings is 1. The summed E-state index contributed by atoms with van der Waals surface area (Å²) < 4.78 is 11.0. The van der Waals surface area contributed by atoms with E-state index in [1.165, 1.54) is 0 Å². The first-order valence-corrected chi connectivity index (χ1v) is 5.58. The van der Waals surface area contributed by atoms with E-state index in [0.717, 1.165) is 24.9 Å². The molecule has 0 aromatic heterocycles. The molecule has 1 heterocycles. The Morgan fingerprint density at radius 3 is 2.94 bits per heavy atom. The van der Waals surface area contributed by atoms with Gasteiger partial charge in [-0.2, -0.15) is 0 Å². The molecular formula is C12H17NO3. The number of nitrogens with one attached hydrogen (secondary N) is 1. The second-order valence-corrected chi connectivity index (χ2v) is 3.80. The first-order chi connectivity index (χ1) is 7.83. The second kappa shape index (κ2) is 5.07. The molecule has 2 rings (SSSR count). The molecule has 0 saturated carbocycles. The number of hydrogen-bond acceptors (Lipinski definition) is 4. The summed E-state index contributed by atoms with van der Waals surface area (Å²) in [6, 6.07) is 3.76. The van der Waals surface area contributed by atoms with Crippen LogP contribution in [0.3, 0.4) is 0 Å². The second-order valence-electron chi connectivity index (χ2n) is 3.80. The molecule has 0 bridgehead atoms. The number of phenolic OH excluding ortho intramolecular Hbond substituents is 1. The Balaban J connectivity index is 2.26. The third-order valence-electron chi connectivity index (χ3n) is 2.62. The smallest absolute Gasteiger partial charge is 0.203 e. The average molecular weight is 223 g/mol. The van der Waals surface area contributed by atoms with Gasteiger partial charge in [-0.25, -0.2) is 0 Å². The van der Waals surface area contributed by atoms with Crippen LogP contribution in [0, 0.1) is 0 Å². The molecule has 1 aliphatic heterocycles. The summed E-state index contributed by atoms with van der Waals surface area (Å²) in [5.74, 6) is 1.35. The predicted molar refractivity (Wildman–Crippen MR) is 61.3 cm³/mol. The lowest BCUT2D eigenvalue weighted by molar-refractivity contribution is 0.291. The van der Waals surface area contributed by atoms with E-state index in [1.807, 2.05) is 19.2 Å². The van der Waals surface area contributed by atoms with E-state index in [-0.39, 0.29) is 5.75 Å². The molecule has 0 radical (unpaired) electrons. The fraction of sp³-hybridized carbons (Fsp3) is 0.500. The zero-order chi connectivity index (χ0) is 11.4. The largest absolute Gasteiger partial charge is 0.504 e. The maximum atomic E-state index is 10.1. The Morgan fingerprint density at radius 2 is 2.12 bits per heavy atom. The molecule has 1 aromatic carbocycles. The molecule has 88 valence electrons. The minimum Gasteiger partial charge on any atom is -0.504 e. The predicted octanol–water partition coefficient (Wildman–Crippen LogP) is 1.32. The van der Waals surface area contributed by atoms with Crippen molar-refractivity contribution in [2.45, 2.75) is 12.8 Å². The van der Waals surface area contributed by atoms with Gasteiger partial charge in [-0.1, -0.05) is 6.07 Å². The number of hydrogen-bond donors (Lipinski definition) is 2. The van der Waals surface area contributed by atoms with Gasteiger partial charge in [0.05, 0.1) is 13.2 Å². The molecule has 0 fully saturated rings. The van der Waals surface area contributed by atoms with Crippen LogP contribution in [0.15, 0.2) is 12.1 Å². The minimum absolute atomic E-state index is 0.217. The molecular weight excluding hydrogens is 206 g/mol. The fourth-order valence-corrected chi connectivity index (χ4v) is 1.72. The molecule has 4 heteroatoms. The van der Waals surface area contributed by atoms with Crippen molar-refractivity contribution < 1.29 is 14.6 Å². The number of aromatic hydroxyl groups is 1. The highest BCUT2D eigenvalue weighted by molar-refractivity contribution is 5.55. The van der Waals surface area contributed by atoms with Gasteiger partial charge in [-0.3, -0.25) is 0 Å². The fourth-order valence-electron chi connectivity index (χ4n) is 1.72. The summed E-state index contributed by atoms with van der Waals surface area (Å²) in [5, 5.41) is 13.1. The number of likely N-dealkylation sites (N-methyl/N-ethyl adjacent to an activating group) is 1. The summed E-state index contributed by atoms with van der Waals surface area (Å²) in [6.45, 7) is 2.06. The normalized spacial score (nSPS) is 14.6. The van der Waals surface area contributed by atoms with Crippen molar-refractivity contribution in [1.82, 2.24) is 5.32 Å². The summed E-state index contributed by atoms with van der Waals surface area (Å²) in [4.78, 5) is 0. The lowest BCUT2D eigenvalue weighted by atomic mass is 10.1.